The molecule has 2 N–H and O–H groups in total. The summed E-state index contributed by atoms with van der Waals surface area (Å²) < 4.78 is 31.8. The molecule has 172 valence electrons. The Labute approximate surface area is 178 Å². The summed E-state index contributed by atoms with van der Waals surface area (Å²) >= 11 is 0. The van der Waals surface area contributed by atoms with Crippen molar-refractivity contribution in [1.82, 2.24) is 0 Å². The Morgan fingerprint density at radius 1 is 0.621 bits per heavy atom. The standard InChI is InChI=1S/C16H32O10Si2.H4Si/c1-21-27(22-2,23-3)11-7-9-13(15(17)18)14(16(19)20)10-8-12-28(24-4,25-5)26-6;/h7-12H2,1-6H3,(H,17,18)(H,19,20);1H4/b14-13+;. The van der Waals surface area contributed by atoms with Crippen LogP contribution in [0, 0.1) is 0 Å². The van der Waals surface area contributed by atoms with Crippen molar-refractivity contribution in [2.75, 3.05) is 42.7 Å². The molecule has 29 heavy (non-hydrogen) atoms. The van der Waals surface area contributed by atoms with Gasteiger partial charge in [0.15, 0.2) is 0 Å². The fraction of sp³-hybridized carbons (Fsp3) is 0.750. The number of rotatable bonds is 16. The summed E-state index contributed by atoms with van der Waals surface area (Å²) in [6.07, 6.45) is 0.826. The molecule has 0 rings (SSSR count). The van der Waals surface area contributed by atoms with Crippen LogP contribution in [0.5, 0.6) is 0 Å². The van der Waals surface area contributed by atoms with Gasteiger partial charge in [-0.15, -0.1) is 0 Å². The zero-order chi connectivity index (χ0) is 21.8. The maximum Gasteiger partial charge on any atom is 0.500 e. The van der Waals surface area contributed by atoms with Crippen LogP contribution >= 0.6 is 0 Å². The van der Waals surface area contributed by atoms with Crippen LogP contribution in [0.1, 0.15) is 25.7 Å². The van der Waals surface area contributed by atoms with Crippen molar-refractivity contribution in [3.05, 3.63) is 11.1 Å². The molecule has 0 aliphatic rings. The van der Waals surface area contributed by atoms with Gasteiger partial charge in [-0.25, -0.2) is 9.59 Å². The van der Waals surface area contributed by atoms with Crippen molar-refractivity contribution in [2.24, 2.45) is 0 Å². The third kappa shape index (κ3) is 9.18. The maximum atomic E-state index is 11.7. The van der Waals surface area contributed by atoms with E-state index in [1.807, 2.05) is 0 Å². The minimum absolute atomic E-state index is 0. The van der Waals surface area contributed by atoms with E-state index < -0.39 is 29.5 Å². The number of aliphatic carboxylic acids is 2. The lowest BCUT2D eigenvalue weighted by molar-refractivity contribution is -0.136. The van der Waals surface area contributed by atoms with Crippen LogP contribution in [0.25, 0.3) is 0 Å². The van der Waals surface area contributed by atoms with Crippen LogP contribution in [0.2, 0.25) is 12.1 Å². The zero-order valence-electron chi connectivity index (χ0n) is 17.4. The van der Waals surface area contributed by atoms with Crippen LogP contribution in [-0.4, -0.2) is 93.4 Å². The van der Waals surface area contributed by atoms with Crippen molar-refractivity contribution in [3.8, 4) is 0 Å². The van der Waals surface area contributed by atoms with Gasteiger partial charge in [0.25, 0.3) is 0 Å². The average Bonchev–Trinajstić information content (AvgIpc) is 2.70. The van der Waals surface area contributed by atoms with E-state index in [1.165, 1.54) is 42.7 Å². The number of hydrogen-bond donors (Lipinski definition) is 2. The fourth-order valence-corrected chi connectivity index (χ4v) is 6.29. The van der Waals surface area contributed by atoms with Gasteiger partial charge in [0.05, 0.1) is 0 Å². The van der Waals surface area contributed by atoms with E-state index in [4.69, 9.17) is 26.6 Å². The van der Waals surface area contributed by atoms with Crippen LogP contribution in [0.15, 0.2) is 11.1 Å². The Morgan fingerprint density at radius 2 is 0.862 bits per heavy atom. The number of carboxylic acid groups (broad SMARTS) is 2. The molecule has 0 bridgehead atoms. The van der Waals surface area contributed by atoms with Crippen molar-refractivity contribution in [3.63, 3.8) is 0 Å². The first-order chi connectivity index (χ1) is 13.2. The molecule has 0 saturated carbocycles. The SMILES string of the molecule is CO[Si](CCC/C(C(=O)O)=C(/CCC[Si](OC)(OC)OC)C(=O)O)(OC)OC.[SiH4]. The molecule has 0 heterocycles. The van der Waals surface area contributed by atoms with E-state index in [1.54, 1.807) is 0 Å². The second-order valence-electron chi connectivity index (χ2n) is 5.87. The Kier molecular flexibility index (Phi) is 15.6. The summed E-state index contributed by atoms with van der Waals surface area (Å²) in [5, 5.41) is 19.0. The molecule has 0 aromatic rings. The summed E-state index contributed by atoms with van der Waals surface area (Å²) in [4.78, 5) is 23.3. The molecule has 0 aliphatic heterocycles. The van der Waals surface area contributed by atoms with Crippen LogP contribution in [-0.2, 0) is 36.1 Å². The highest BCUT2D eigenvalue weighted by atomic mass is 28.4. The molecular weight excluding hydrogens is 436 g/mol. The Morgan fingerprint density at radius 3 is 1.03 bits per heavy atom. The molecule has 0 saturated heterocycles. The van der Waals surface area contributed by atoms with Gasteiger partial charge >= 0.3 is 29.5 Å². The van der Waals surface area contributed by atoms with Gasteiger partial charge in [-0.2, -0.15) is 0 Å². The summed E-state index contributed by atoms with van der Waals surface area (Å²) in [6.45, 7) is 0. The lowest BCUT2D eigenvalue weighted by Gasteiger charge is -2.24. The third-order valence-corrected chi connectivity index (χ3v) is 10.2. The number of carbonyl (C=O) groups is 2. The normalized spacial score (nSPS) is 12.9. The summed E-state index contributed by atoms with van der Waals surface area (Å²) in [6, 6.07) is 0.737. The summed E-state index contributed by atoms with van der Waals surface area (Å²) in [7, 11) is 3.09. The number of carboxylic acids is 2. The van der Waals surface area contributed by atoms with E-state index >= 15 is 0 Å². The summed E-state index contributed by atoms with van der Waals surface area (Å²) in [5.74, 6) is -2.52. The summed E-state index contributed by atoms with van der Waals surface area (Å²) in [5.41, 5.74) is -0.281. The lowest BCUT2D eigenvalue weighted by atomic mass is 10.00. The molecule has 0 unspecified atom stereocenters. The Balaban J connectivity index is 0. The minimum Gasteiger partial charge on any atom is -0.478 e. The molecule has 0 amide bonds. The minimum atomic E-state index is -2.85. The molecule has 10 nitrogen and oxygen atoms in total. The average molecular weight is 473 g/mol. The highest BCUT2D eigenvalue weighted by Crippen LogP contribution is 2.25. The first-order valence-corrected chi connectivity index (χ1v) is 12.6. The Bertz CT molecular complexity index is 471. The van der Waals surface area contributed by atoms with Crippen LogP contribution < -0.4 is 0 Å². The molecule has 0 atom stereocenters. The molecule has 0 aliphatic carbocycles. The van der Waals surface area contributed by atoms with Crippen LogP contribution in [0.3, 0.4) is 0 Å². The Hall–Kier alpha value is -0.909. The van der Waals surface area contributed by atoms with Crippen molar-refractivity contribution >= 4 is 40.5 Å². The second kappa shape index (κ2) is 15.0. The van der Waals surface area contributed by atoms with Gasteiger partial charge in [-0.05, 0) is 36.6 Å². The maximum absolute atomic E-state index is 11.7. The van der Waals surface area contributed by atoms with E-state index in [-0.39, 0.29) is 35.0 Å². The smallest absolute Gasteiger partial charge is 0.478 e. The van der Waals surface area contributed by atoms with Crippen molar-refractivity contribution in [1.29, 1.82) is 0 Å². The topological polar surface area (TPSA) is 130 Å². The molecule has 0 aromatic carbocycles. The molecule has 0 spiro atoms. The monoisotopic (exact) mass is 472 g/mol. The van der Waals surface area contributed by atoms with E-state index in [0.717, 1.165) is 0 Å². The van der Waals surface area contributed by atoms with Gasteiger partial charge in [0.2, 0.25) is 0 Å². The highest BCUT2D eigenvalue weighted by Gasteiger charge is 2.38. The van der Waals surface area contributed by atoms with Gasteiger partial charge < -0.3 is 36.8 Å². The largest absolute Gasteiger partial charge is 0.500 e. The lowest BCUT2D eigenvalue weighted by Crippen LogP contribution is -2.42. The third-order valence-electron chi connectivity index (χ3n) is 4.57. The number of hydrogen-bond acceptors (Lipinski definition) is 8. The first kappa shape index (κ1) is 30.3. The van der Waals surface area contributed by atoms with Crippen molar-refractivity contribution in [2.45, 2.75) is 37.8 Å². The molecule has 0 aromatic heterocycles. The van der Waals surface area contributed by atoms with Gasteiger partial charge in [-0.3, -0.25) is 0 Å². The molecule has 13 heteroatoms. The first-order valence-electron chi connectivity index (χ1n) is 8.69. The highest BCUT2D eigenvalue weighted by molar-refractivity contribution is 6.60. The van der Waals surface area contributed by atoms with E-state index in [9.17, 15) is 19.8 Å². The van der Waals surface area contributed by atoms with Crippen molar-refractivity contribution < 1.29 is 46.4 Å². The van der Waals surface area contributed by atoms with Gasteiger partial charge in [0, 0.05) is 65.9 Å². The molecule has 0 radical (unpaired) electrons. The zero-order valence-corrected chi connectivity index (χ0v) is 19.4. The quantitative estimate of drug-likeness (QED) is 0.239. The van der Waals surface area contributed by atoms with E-state index in [0.29, 0.717) is 24.9 Å². The van der Waals surface area contributed by atoms with E-state index in [2.05, 4.69) is 0 Å². The van der Waals surface area contributed by atoms with Crippen LogP contribution in [0.4, 0.5) is 0 Å². The molecular formula is C16H36O10Si3. The van der Waals surface area contributed by atoms with Gasteiger partial charge in [-0.1, -0.05) is 0 Å². The van der Waals surface area contributed by atoms with Gasteiger partial charge in [0.1, 0.15) is 0 Å². The fourth-order valence-electron chi connectivity index (χ4n) is 2.85. The second-order valence-corrected chi connectivity index (χ2v) is 12.0. The predicted molar refractivity (Wildman–Crippen MR) is 115 cm³/mol. The predicted octanol–water partition coefficient (Wildman–Crippen LogP) is 0.317. The molecule has 0 fully saturated rings.